The van der Waals surface area contributed by atoms with Crippen LogP contribution in [0.25, 0.3) is 6.08 Å². The number of carboxylic acid groups (broad SMARTS) is 1. The van der Waals surface area contributed by atoms with E-state index in [2.05, 4.69) is 26.0 Å². The molecule has 0 bridgehead atoms. The van der Waals surface area contributed by atoms with E-state index < -0.39 is 17.8 Å². The van der Waals surface area contributed by atoms with Gasteiger partial charge in [-0.05, 0) is 57.9 Å². The van der Waals surface area contributed by atoms with Crippen molar-refractivity contribution >= 4 is 57.1 Å². The van der Waals surface area contributed by atoms with E-state index in [9.17, 15) is 19.6 Å². The van der Waals surface area contributed by atoms with Crippen LogP contribution < -0.4 is 10.1 Å². The number of rotatable bonds is 7. The van der Waals surface area contributed by atoms with Crippen molar-refractivity contribution in [2.45, 2.75) is 0 Å². The molecule has 0 unspecified atom stereocenters. The number of esters is 1. The molecule has 2 aromatic carbocycles. The molecule has 0 aliphatic carbocycles. The molecule has 0 atom stereocenters. The third kappa shape index (κ3) is 6.07. The molecular weight excluding hydrogens is 480 g/mol. The summed E-state index contributed by atoms with van der Waals surface area (Å²) in [6, 6.07) is 10.4. The molecule has 10 heteroatoms. The SMILES string of the molecule is COC(=O)COc1c(Cl)cc(/C=C(/C#N)C(=O)Nc2cccc(C(=O)O)c2)cc1Br. The van der Waals surface area contributed by atoms with E-state index in [4.69, 9.17) is 21.4 Å². The molecule has 2 N–H and O–H groups in total. The summed E-state index contributed by atoms with van der Waals surface area (Å²) in [5, 5.41) is 21.0. The van der Waals surface area contributed by atoms with E-state index in [0.717, 1.165) is 0 Å². The molecule has 154 valence electrons. The lowest BCUT2D eigenvalue weighted by atomic mass is 10.1. The molecule has 0 aromatic heterocycles. The standard InChI is InChI=1S/C20H14BrClN2O6/c1-29-17(25)10-30-18-15(21)6-11(7-16(18)22)5-13(9-23)19(26)24-14-4-2-3-12(8-14)20(27)28/h2-8H,10H2,1H3,(H,24,26)(H,27,28)/b13-5-. The lowest BCUT2D eigenvalue weighted by molar-refractivity contribution is -0.142. The molecule has 0 saturated heterocycles. The van der Waals surface area contributed by atoms with E-state index in [1.54, 1.807) is 12.1 Å². The zero-order chi connectivity index (χ0) is 22.3. The predicted molar refractivity (Wildman–Crippen MR) is 112 cm³/mol. The van der Waals surface area contributed by atoms with Gasteiger partial charge in [0.1, 0.15) is 11.6 Å². The Hall–Kier alpha value is -3.35. The fourth-order valence-corrected chi connectivity index (χ4v) is 3.22. The maximum absolute atomic E-state index is 12.4. The van der Waals surface area contributed by atoms with E-state index in [-0.39, 0.29) is 34.2 Å². The number of methoxy groups -OCH3 is 1. The number of halogens is 2. The van der Waals surface area contributed by atoms with Gasteiger partial charge in [0.05, 0.1) is 22.2 Å². The predicted octanol–water partition coefficient (Wildman–Crippen LogP) is 3.90. The summed E-state index contributed by atoms with van der Waals surface area (Å²) >= 11 is 9.43. The zero-order valence-corrected chi connectivity index (χ0v) is 17.8. The van der Waals surface area contributed by atoms with E-state index in [0.29, 0.717) is 10.0 Å². The number of nitrogens with zero attached hydrogens (tertiary/aromatic N) is 1. The van der Waals surface area contributed by atoms with Gasteiger partial charge in [0.25, 0.3) is 5.91 Å². The van der Waals surface area contributed by atoms with Gasteiger partial charge in [-0.1, -0.05) is 17.7 Å². The number of hydrogen-bond donors (Lipinski definition) is 2. The number of anilines is 1. The number of aromatic carboxylic acids is 1. The number of benzene rings is 2. The number of carbonyl (C=O) groups excluding carboxylic acids is 2. The largest absolute Gasteiger partial charge is 0.479 e. The topological polar surface area (TPSA) is 126 Å². The Bertz CT molecular complexity index is 1050. The summed E-state index contributed by atoms with van der Waals surface area (Å²) in [7, 11) is 1.22. The molecule has 0 aliphatic heterocycles. The van der Waals surface area contributed by atoms with Crippen molar-refractivity contribution in [1.82, 2.24) is 0 Å². The van der Waals surface area contributed by atoms with Crippen LogP contribution in [0.3, 0.4) is 0 Å². The second kappa shape index (κ2) is 10.4. The number of hydrogen-bond acceptors (Lipinski definition) is 6. The second-order valence-electron chi connectivity index (χ2n) is 5.69. The van der Waals surface area contributed by atoms with Gasteiger partial charge in [0.15, 0.2) is 12.4 Å². The van der Waals surface area contributed by atoms with Gasteiger partial charge in [0.2, 0.25) is 0 Å². The first-order valence-corrected chi connectivity index (χ1v) is 9.37. The van der Waals surface area contributed by atoms with Crippen molar-refractivity contribution in [2.75, 3.05) is 19.0 Å². The minimum absolute atomic E-state index is 0.00598. The van der Waals surface area contributed by atoms with Crippen molar-refractivity contribution in [1.29, 1.82) is 5.26 Å². The van der Waals surface area contributed by atoms with Gasteiger partial charge in [-0.15, -0.1) is 0 Å². The Morgan fingerprint density at radius 1 is 1.30 bits per heavy atom. The van der Waals surface area contributed by atoms with E-state index >= 15 is 0 Å². The summed E-state index contributed by atoms with van der Waals surface area (Å²) in [5.74, 6) is -2.25. The number of ether oxygens (including phenoxy) is 2. The molecule has 30 heavy (non-hydrogen) atoms. The van der Waals surface area contributed by atoms with Crippen LogP contribution in [0.4, 0.5) is 5.69 Å². The molecule has 0 fully saturated rings. The van der Waals surface area contributed by atoms with Crippen LogP contribution in [0.1, 0.15) is 15.9 Å². The van der Waals surface area contributed by atoms with Crippen LogP contribution in [0, 0.1) is 11.3 Å². The number of carbonyl (C=O) groups is 3. The summed E-state index contributed by atoms with van der Waals surface area (Å²) in [4.78, 5) is 34.7. The average Bonchev–Trinajstić information content (AvgIpc) is 2.71. The number of amides is 1. The molecule has 0 aliphatic rings. The fourth-order valence-electron chi connectivity index (χ4n) is 2.23. The average molecular weight is 494 g/mol. The molecule has 2 aromatic rings. The molecule has 0 heterocycles. The summed E-state index contributed by atoms with van der Waals surface area (Å²) < 4.78 is 10.2. The zero-order valence-electron chi connectivity index (χ0n) is 15.4. The lowest BCUT2D eigenvalue weighted by Gasteiger charge is -2.10. The molecule has 2 rings (SSSR count). The lowest BCUT2D eigenvalue weighted by Crippen LogP contribution is -2.14. The Morgan fingerprint density at radius 3 is 2.63 bits per heavy atom. The molecule has 1 amide bonds. The highest BCUT2D eigenvalue weighted by atomic mass is 79.9. The van der Waals surface area contributed by atoms with Crippen LogP contribution in [-0.4, -0.2) is 36.7 Å². The summed E-state index contributed by atoms with van der Waals surface area (Å²) in [5.41, 5.74) is 0.408. The smallest absolute Gasteiger partial charge is 0.343 e. The Balaban J connectivity index is 2.24. The monoisotopic (exact) mass is 492 g/mol. The van der Waals surface area contributed by atoms with Crippen LogP contribution in [0.2, 0.25) is 5.02 Å². The first-order chi connectivity index (χ1) is 14.2. The highest BCUT2D eigenvalue weighted by Gasteiger charge is 2.14. The van der Waals surface area contributed by atoms with Crippen LogP contribution in [0.5, 0.6) is 5.75 Å². The quantitative estimate of drug-likeness (QED) is 0.340. The Morgan fingerprint density at radius 2 is 2.03 bits per heavy atom. The van der Waals surface area contributed by atoms with Gasteiger partial charge in [0, 0.05) is 5.69 Å². The highest BCUT2D eigenvalue weighted by Crippen LogP contribution is 2.35. The third-order valence-electron chi connectivity index (χ3n) is 3.63. The first-order valence-electron chi connectivity index (χ1n) is 8.20. The maximum atomic E-state index is 12.4. The normalized spacial score (nSPS) is 10.7. The molecule has 0 spiro atoms. The minimum Gasteiger partial charge on any atom is -0.479 e. The highest BCUT2D eigenvalue weighted by molar-refractivity contribution is 9.10. The summed E-state index contributed by atoms with van der Waals surface area (Å²) in [6.45, 7) is -0.342. The second-order valence-corrected chi connectivity index (χ2v) is 6.95. The molecule has 0 saturated carbocycles. The maximum Gasteiger partial charge on any atom is 0.343 e. The molecule has 8 nitrogen and oxygen atoms in total. The third-order valence-corrected chi connectivity index (χ3v) is 4.50. The Labute approximate surface area is 184 Å². The fraction of sp³-hybridized carbons (Fsp3) is 0.100. The van der Waals surface area contributed by atoms with Gasteiger partial charge in [-0.3, -0.25) is 4.79 Å². The van der Waals surface area contributed by atoms with Gasteiger partial charge in [-0.25, -0.2) is 9.59 Å². The molecular formula is C20H14BrClN2O6. The van der Waals surface area contributed by atoms with Crippen LogP contribution in [0.15, 0.2) is 46.4 Å². The number of nitriles is 1. The van der Waals surface area contributed by atoms with Gasteiger partial charge in [-0.2, -0.15) is 5.26 Å². The number of carboxylic acids is 1. The van der Waals surface area contributed by atoms with Crippen molar-refractivity contribution in [3.8, 4) is 11.8 Å². The van der Waals surface area contributed by atoms with Gasteiger partial charge < -0.3 is 19.9 Å². The van der Waals surface area contributed by atoms with Crippen molar-refractivity contribution in [3.63, 3.8) is 0 Å². The molecule has 0 radical (unpaired) electrons. The van der Waals surface area contributed by atoms with Crippen molar-refractivity contribution < 1.29 is 29.0 Å². The number of nitrogens with one attached hydrogen (secondary N) is 1. The Kier molecular flexibility index (Phi) is 7.98. The van der Waals surface area contributed by atoms with Crippen LogP contribution in [-0.2, 0) is 14.3 Å². The van der Waals surface area contributed by atoms with E-state index in [1.165, 1.54) is 43.5 Å². The first kappa shape index (κ1) is 22.9. The van der Waals surface area contributed by atoms with Crippen molar-refractivity contribution in [2.24, 2.45) is 0 Å². The van der Waals surface area contributed by atoms with Crippen LogP contribution >= 0.6 is 27.5 Å². The minimum atomic E-state index is -1.14. The summed E-state index contributed by atoms with van der Waals surface area (Å²) in [6.07, 6.45) is 1.30. The van der Waals surface area contributed by atoms with Crippen molar-refractivity contribution in [3.05, 3.63) is 62.6 Å². The van der Waals surface area contributed by atoms with E-state index in [1.807, 2.05) is 0 Å². The van der Waals surface area contributed by atoms with Gasteiger partial charge >= 0.3 is 11.9 Å².